The van der Waals surface area contributed by atoms with Crippen LogP contribution in [0.25, 0.3) is 0 Å². The summed E-state index contributed by atoms with van der Waals surface area (Å²) in [7, 11) is 0. The number of aryl methyl sites for hydroxylation is 2. The maximum atomic E-state index is 14.9. The minimum Gasteiger partial charge on any atom is -0.327 e. The molecule has 0 fully saturated rings. The highest BCUT2D eigenvalue weighted by molar-refractivity contribution is 5.30. The van der Waals surface area contributed by atoms with E-state index in [4.69, 9.17) is 10.7 Å². The summed E-state index contributed by atoms with van der Waals surface area (Å²) in [6, 6.07) is 13.1. The summed E-state index contributed by atoms with van der Waals surface area (Å²) in [5.41, 5.74) is 11.8. The van der Waals surface area contributed by atoms with Crippen molar-refractivity contribution in [3.63, 3.8) is 0 Å². The van der Waals surface area contributed by atoms with E-state index in [0.29, 0.717) is 18.0 Å². The largest absolute Gasteiger partial charge is 0.327 e. The number of rotatable bonds is 6. The van der Waals surface area contributed by atoms with Crippen LogP contribution in [0.15, 0.2) is 54.0 Å². The van der Waals surface area contributed by atoms with Crippen molar-refractivity contribution in [3.05, 3.63) is 76.4 Å². The highest BCUT2D eigenvalue weighted by Crippen LogP contribution is 2.35. The van der Waals surface area contributed by atoms with Crippen molar-refractivity contribution in [2.75, 3.05) is 19.6 Å². The number of hydrogen-bond acceptors (Lipinski definition) is 3. The van der Waals surface area contributed by atoms with Gasteiger partial charge in [-0.15, -0.1) is 0 Å². The summed E-state index contributed by atoms with van der Waals surface area (Å²) < 4.78 is 14.9. The second kappa shape index (κ2) is 9.19. The van der Waals surface area contributed by atoms with Gasteiger partial charge in [-0.05, 0) is 79.7 Å². The summed E-state index contributed by atoms with van der Waals surface area (Å²) in [5, 5.41) is 0. The van der Waals surface area contributed by atoms with Gasteiger partial charge in [-0.1, -0.05) is 30.3 Å². The molecule has 0 amide bonds. The molecule has 0 saturated heterocycles. The minimum absolute atomic E-state index is 0.0771. The van der Waals surface area contributed by atoms with E-state index in [-0.39, 0.29) is 18.4 Å². The van der Waals surface area contributed by atoms with E-state index in [9.17, 15) is 4.39 Å². The highest BCUT2D eigenvalue weighted by atomic mass is 19.1. The van der Waals surface area contributed by atoms with Crippen molar-refractivity contribution < 1.29 is 4.39 Å². The first-order valence-electron chi connectivity index (χ1n) is 10.9. The standard InChI is InChI=1S/C25H32FN3/c1-18(15-27)23(26)17-29(24-10-4-8-21-9-5-13-28-25(21)24)16-19-11-12-20-6-2-3-7-22(20)14-19/h2-3,5-7,9,13,19,24H,4,8,10-12,14-17,27H2,1H3/b23-18+/t19-,24+/m1/s1. The molecule has 0 radical (unpaired) electrons. The zero-order chi connectivity index (χ0) is 20.2. The number of fused-ring (bicyclic) bond motifs is 2. The molecule has 3 nitrogen and oxygen atoms in total. The quantitative estimate of drug-likeness (QED) is 0.769. The molecule has 0 aliphatic heterocycles. The fourth-order valence-corrected chi connectivity index (χ4v) is 4.93. The van der Waals surface area contributed by atoms with Crippen LogP contribution in [0.2, 0.25) is 0 Å². The molecular formula is C25H32FN3. The monoisotopic (exact) mass is 393 g/mol. The number of hydrogen-bond donors (Lipinski definition) is 1. The Morgan fingerprint density at radius 2 is 1.90 bits per heavy atom. The third-order valence-electron chi connectivity index (χ3n) is 6.66. The zero-order valence-corrected chi connectivity index (χ0v) is 17.4. The van der Waals surface area contributed by atoms with Crippen molar-refractivity contribution in [1.82, 2.24) is 9.88 Å². The molecule has 0 bridgehead atoms. The number of benzene rings is 1. The van der Waals surface area contributed by atoms with Gasteiger partial charge in [0.1, 0.15) is 5.83 Å². The normalized spacial score (nSPS) is 22.1. The Morgan fingerprint density at radius 3 is 2.72 bits per heavy atom. The van der Waals surface area contributed by atoms with Gasteiger partial charge in [0.15, 0.2) is 0 Å². The zero-order valence-electron chi connectivity index (χ0n) is 17.4. The van der Waals surface area contributed by atoms with Gasteiger partial charge in [-0.2, -0.15) is 0 Å². The molecule has 1 heterocycles. The summed E-state index contributed by atoms with van der Waals surface area (Å²) >= 11 is 0. The van der Waals surface area contributed by atoms with E-state index in [0.717, 1.165) is 50.8 Å². The van der Waals surface area contributed by atoms with Crippen molar-refractivity contribution in [2.45, 2.75) is 51.5 Å². The van der Waals surface area contributed by atoms with Gasteiger partial charge in [0, 0.05) is 19.3 Å². The minimum atomic E-state index is -0.0771. The summed E-state index contributed by atoms with van der Waals surface area (Å²) in [6.45, 7) is 3.32. The molecule has 2 N–H and O–H groups in total. The van der Waals surface area contributed by atoms with Gasteiger partial charge in [-0.25, -0.2) is 4.39 Å². The molecule has 1 aromatic heterocycles. The average Bonchev–Trinajstić information content (AvgIpc) is 2.77. The van der Waals surface area contributed by atoms with Crippen LogP contribution in [0.3, 0.4) is 0 Å². The number of pyridine rings is 1. The number of nitrogens with zero attached hydrogens (tertiary/aromatic N) is 2. The lowest BCUT2D eigenvalue weighted by molar-refractivity contribution is 0.146. The van der Waals surface area contributed by atoms with E-state index in [1.54, 1.807) is 6.92 Å². The van der Waals surface area contributed by atoms with Gasteiger partial charge in [0.2, 0.25) is 0 Å². The fourth-order valence-electron chi connectivity index (χ4n) is 4.93. The molecule has 29 heavy (non-hydrogen) atoms. The predicted octanol–water partition coefficient (Wildman–Crippen LogP) is 4.77. The maximum Gasteiger partial charge on any atom is 0.114 e. The maximum absolute atomic E-state index is 14.9. The number of nitrogens with two attached hydrogens (primary N) is 1. The summed E-state index contributed by atoms with van der Waals surface area (Å²) in [6.07, 6.45) is 8.49. The Kier molecular flexibility index (Phi) is 6.41. The Hall–Kier alpha value is -2.04. The third kappa shape index (κ3) is 4.59. The van der Waals surface area contributed by atoms with Gasteiger partial charge < -0.3 is 5.73 Å². The van der Waals surface area contributed by atoms with E-state index >= 15 is 0 Å². The molecule has 0 unspecified atom stereocenters. The summed E-state index contributed by atoms with van der Waals surface area (Å²) in [5.74, 6) is 0.469. The first-order chi connectivity index (χ1) is 14.2. The van der Waals surface area contributed by atoms with Crippen LogP contribution in [-0.2, 0) is 19.3 Å². The average molecular weight is 394 g/mol. The molecule has 2 atom stereocenters. The molecular weight excluding hydrogens is 361 g/mol. The van der Waals surface area contributed by atoms with E-state index in [1.165, 1.54) is 16.7 Å². The van der Waals surface area contributed by atoms with Crippen LogP contribution in [-0.4, -0.2) is 29.5 Å². The van der Waals surface area contributed by atoms with Crippen LogP contribution < -0.4 is 5.73 Å². The number of aromatic nitrogens is 1. The van der Waals surface area contributed by atoms with Crippen LogP contribution >= 0.6 is 0 Å². The van der Waals surface area contributed by atoms with Crippen LogP contribution in [0.4, 0.5) is 4.39 Å². The Balaban J connectivity index is 1.58. The third-order valence-corrected chi connectivity index (χ3v) is 6.66. The molecule has 0 saturated carbocycles. The summed E-state index contributed by atoms with van der Waals surface area (Å²) in [4.78, 5) is 7.06. The first kappa shape index (κ1) is 20.2. The lowest BCUT2D eigenvalue weighted by Crippen LogP contribution is -2.38. The van der Waals surface area contributed by atoms with Gasteiger partial charge in [0.25, 0.3) is 0 Å². The smallest absolute Gasteiger partial charge is 0.114 e. The molecule has 4 rings (SSSR count). The van der Waals surface area contributed by atoms with E-state index in [1.807, 2.05) is 12.3 Å². The van der Waals surface area contributed by atoms with Crippen LogP contribution in [0.5, 0.6) is 0 Å². The lowest BCUT2D eigenvalue weighted by Gasteiger charge is -2.38. The molecule has 2 aliphatic rings. The topological polar surface area (TPSA) is 42.1 Å². The van der Waals surface area contributed by atoms with Crippen molar-refractivity contribution in [2.24, 2.45) is 11.7 Å². The molecule has 4 heteroatoms. The molecule has 154 valence electrons. The van der Waals surface area contributed by atoms with Gasteiger partial charge in [0.05, 0.1) is 18.3 Å². The van der Waals surface area contributed by atoms with Crippen molar-refractivity contribution in [1.29, 1.82) is 0 Å². The fraction of sp³-hybridized carbons (Fsp3) is 0.480. The molecule has 2 aliphatic carbocycles. The molecule has 0 spiro atoms. The Labute approximate surface area is 173 Å². The highest BCUT2D eigenvalue weighted by Gasteiger charge is 2.30. The van der Waals surface area contributed by atoms with Gasteiger partial charge >= 0.3 is 0 Å². The van der Waals surface area contributed by atoms with E-state index < -0.39 is 0 Å². The van der Waals surface area contributed by atoms with Crippen LogP contribution in [0, 0.1) is 5.92 Å². The number of halogens is 1. The SMILES string of the molecule is C/C(CN)=C(\F)CN(C[C@@H]1CCc2ccccc2C1)[C@H]1CCCc2cccnc21. The second-order valence-electron chi connectivity index (χ2n) is 8.65. The predicted molar refractivity (Wildman–Crippen MR) is 116 cm³/mol. The van der Waals surface area contributed by atoms with Crippen LogP contribution in [0.1, 0.15) is 54.6 Å². The Bertz CT molecular complexity index is 876. The molecule has 2 aromatic rings. The Morgan fingerprint density at radius 1 is 1.10 bits per heavy atom. The van der Waals surface area contributed by atoms with E-state index in [2.05, 4.69) is 35.2 Å². The van der Waals surface area contributed by atoms with Gasteiger partial charge in [-0.3, -0.25) is 9.88 Å². The van der Waals surface area contributed by atoms with Crippen molar-refractivity contribution in [3.8, 4) is 0 Å². The second-order valence-corrected chi connectivity index (χ2v) is 8.65. The van der Waals surface area contributed by atoms with Crippen molar-refractivity contribution >= 4 is 0 Å². The molecule has 1 aromatic carbocycles. The lowest BCUT2D eigenvalue weighted by atomic mass is 9.83. The first-order valence-corrected chi connectivity index (χ1v) is 10.9.